The molecule has 3 aromatic heterocycles. The first kappa shape index (κ1) is 26.1. The number of aryl methyl sites for hydroxylation is 1. The summed E-state index contributed by atoms with van der Waals surface area (Å²) in [5, 5.41) is 28.0. The van der Waals surface area contributed by atoms with Crippen molar-refractivity contribution in [2.45, 2.75) is 76.2 Å². The lowest BCUT2D eigenvalue weighted by Crippen LogP contribution is -2.38. The Morgan fingerprint density at radius 3 is 2.62 bits per heavy atom. The molecule has 0 unspecified atom stereocenters. The van der Waals surface area contributed by atoms with E-state index in [0.29, 0.717) is 40.5 Å². The quantitative estimate of drug-likeness (QED) is 0.323. The lowest BCUT2D eigenvalue weighted by molar-refractivity contribution is -0.0950. The van der Waals surface area contributed by atoms with Gasteiger partial charge in [-0.05, 0) is 46.1 Å². The van der Waals surface area contributed by atoms with Gasteiger partial charge in [0.05, 0.1) is 45.8 Å². The number of hydrogen-bond donors (Lipinski definition) is 4. The number of aliphatic hydroxyl groups excluding tert-OH is 2. The molecule has 12 heteroatoms. The summed E-state index contributed by atoms with van der Waals surface area (Å²) < 4.78 is 34.5. The molecule has 0 saturated heterocycles. The number of methoxy groups -OCH3 is 1. The van der Waals surface area contributed by atoms with Crippen LogP contribution in [0.25, 0.3) is 20.8 Å². The molecule has 200 valence electrons. The van der Waals surface area contributed by atoms with Gasteiger partial charge in [0, 0.05) is 25.8 Å². The van der Waals surface area contributed by atoms with Gasteiger partial charge < -0.3 is 25.6 Å². The van der Waals surface area contributed by atoms with Crippen LogP contribution in [0.4, 0.5) is 20.5 Å². The standard InChI is InChI=1S/C25H32F2N6O3S/c1-11(36-4)10-29-24-30-12(2)17(23-32-19-16(37-23)7-8-28-18(19)13-5-6-13)22(33-24)31-15-9-14(25(3,26)27)20(34)21(15)35/h7-8,11,13-15,20-21,34-35H,5-6,9-10H2,1-4H3,(H2,29,30,31,33)/t11-,14-,15+,20+,21-/m0/s1. The maximum Gasteiger partial charge on any atom is 0.250 e. The van der Waals surface area contributed by atoms with Crippen molar-refractivity contribution in [3.05, 3.63) is 23.7 Å². The van der Waals surface area contributed by atoms with Gasteiger partial charge in [0.1, 0.15) is 22.4 Å². The van der Waals surface area contributed by atoms with Gasteiger partial charge in [-0.1, -0.05) is 0 Å². The van der Waals surface area contributed by atoms with Crippen LogP contribution in [0.2, 0.25) is 0 Å². The monoisotopic (exact) mass is 534 g/mol. The Morgan fingerprint density at radius 1 is 1.22 bits per heavy atom. The number of thiazole rings is 1. The first-order valence-corrected chi connectivity index (χ1v) is 13.3. The molecule has 2 saturated carbocycles. The molecular weight excluding hydrogens is 502 g/mol. The van der Waals surface area contributed by atoms with Crippen LogP contribution in [-0.2, 0) is 4.74 Å². The molecule has 5 atom stereocenters. The van der Waals surface area contributed by atoms with Gasteiger partial charge in [-0.3, -0.25) is 4.98 Å². The van der Waals surface area contributed by atoms with Crippen molar-refractivity contribution in [3.8, 4) is 10.6 Å². The molecule has 0 spiro atoms. The fraction of sp³-hybridized carbons (Fsp3) is 0.600. The number of rotatable bonds is 9. The predicted octanol–water partition coefficient (Wildman–Crippen LogP) is 3.96. The predicted molar refractivity (Wildman–Crippen MR) is 138 cm³/mol. The molecule has 0 bridgehead atoms. The summed E-state index contributed by atoms with van der Waals surface area (Å²) >= 11 is 1.49. The van der Waals surface area contributed by atoms with Crippen LogP contribution >= 0.6 is 11.3 Å². The Labute approximate surface area is 217 Å². The lowest BCUT2D eigenvalue weighted by atomic mass is 9.98. The number of pyridine rings is 1. The number of nitrogens with one attached hydrogen (secondary N) is 2. The minimum Gasteiger partial charge on any atom is -0.390 e. The molecule has 0 amide bonds. The number of alkyl halides is 2. The summed E-state index contributed by atoms with van der Waals surface area (Å²) in [6.45, 7) is 4.96. The normalized spacial score (nSPS) is 25.0. The number of aromatic nitrogens is 4. The van der Waals surface area contributed by atoms with E-state index in [2.05, 4.69) is 25.6 Å². The van der Waals surface area contributed by atoms with Crippen LogP contribution in [-0.4, -0.2) is 74.1 Å². The summed E-state index contributed by atoms with van der Waals surface area (Å²) in [5.41, 5.74) is 3.10. The van der Waals surface area contributed by atoms with Crippen molar-refractivity contribution in [2.24, 2.45) is 5.92 Å². The van der Waals surface area contributed by atoms with Gasteiger partial charge in [-0.15, -0.1) is 11.3 Å². The molecule has 9 nitrogen and oxygen atoms in total. The topological polar surface area (TPSA) is 125 Å². The van der Waals surface area contributed by atoms with E-state index in [1.807, 2.05) is 19.9 Å². The molecule has 37 heavy (non-hydrogen) atoms. The molecule has 3 aromatic rings. The number of fused-ring (bicyclic) bond motifs is 1. The smallest absolute Gasteiger partial charge is 0.250 e. The van der Waals surface area contributed by atoms with E-state index >= 15 is 0 Å². The molecule has 0 aliphatic heterocycles. The third-order valence-electron chi connectivity index (χ3n) is 7.21. The highest BCUT2D eigenvalue weighted by Gasteiger charge is 2.51. The van der Waals surface area contributed by atoms with Gasteiger partial charge >= 0.3 is 0 Å². The van der Waals surface area contributed by atoms with Crippen molar-refractivity contribution < 1.29 is 23.7 Å². The Bertz CT molecular complexity index is 1280. The Hall–Kier alpha value is -2.54. The molecule has 3 heterocycles. The van der Waals surface area contributed by atoms with Crippen molar-refractivity contribution in [1.82, 2.24) is 19.9 Å². The molecule has 4 N–H and O–H groups in total. The van der Waals surface area contributed by atoms with E-state index in [0.717, 1.165) is 35.7 Å². The van der Waals surface area contributed by atoms with E-state index in [4.69, 9.17) is 9.72 Å². The van der Waals surface area contributed by atoms with Crippen molar-refractivity contribution >= 4 is 33.3 Å². The second-order valence-corrected chi connectivity index (χ2v) is 11.2. The van der Waals surface area contributed by atoms with Crippen LogP contribution < -0.4 is 10.6 Å². The molecule has 0 radical (unpaired) electrons. The SMILES string of the molecule is CO[C@@H](C)CNc1nc(C)c(-c2nc3c(C4CC4)nccc3s2)c(N[C@@H]2C[C@H](C(C)(F)F)[C@@H](O)[C@H]2O)n1. The summed E-state index contributed by atoms with van der Waals surface area (Å²) in [6, 6.07) is 1.10. The molecule has 2 aliphatic carbocycles. The van der Waals surface area contributed by atoms with Gasteiger partial charge in [0.15, 0.2) is 0 Å². The molecule has 0 aromatic carbocycles. The zero-order chi connectivity index (χ0) is 26.5. The third-order valence-corrected chi connectivity index (χ3v) is 8.25. The minimum atomic E-state index is -3.14. The van der Waals surface area contributed by atoms with Gasteiger partial charge in [-0.25, -0.2) is 18.7 Å². The highest BCUT2D eigenvalue weighted by Crippen LogP contribution is 2.45. The Balaban J connectivity index is 1.54. The van der Waals surface area contributed by atoms with Crippen molar-refractivity contribution in [3.63, 3.8) is 0 Å². The molecule has 2 aliphatic rings. The van der Waals surface area contributed by atoms with Gasteiger partial charge in [0.25, 0.3) is 5.92 Å². The minimum absolute atomic E-state index is 0.0862. The fourth-order valence-electron chi connectivity index (χ4n) is 4.82. The van der Waals surface area contributed by atoms with Gasteiger partial charge in [0.2, 0.25) is 5.95 Å². The van der Waals surface area contributed by atoms with E-state index < -0.39 is 30.1 Å². The first-order valence-electron chi connectivity index (χ1n) is 12.5. The van der Waals surface area contributed by atoms with E-state index in [1.165, 1.54) is 11.3 Å². The number of halogens is 2. The zero-order valence-corrected chi connectivity index (χ0v) is 22.0. The average Bonchev–Trinajstić information content (AvgIpc) is 3.54. The Kier molecular flexibility index (Phi) is 7.03. The maximum absolute atomic E-state index is 14.1. The molecule has 2 fully saturated rings. The van der Waals surface area contributed by atoms with Crippen LogP contribution in [0.3, 0.4) is 0 Å². The third kappa shape index (κ3) is 5.25. The second-order valence-electron chi connectivity index (χ2n) is 10.2. The van der Waals surface area contributed by atoms with E-state index in [9.17, 15) is 19.0 Å². The average molecular weight is 535 g/mol. The fourth-order valence-corrected chi connectivity index (χ4v) is 5.89. The van der Waals surface area contributed by atoms with Crippen molar-refractivity contribution in [2.75, 3.05) is 24.3 Å². The second kappa shape index (κ2) is 9.97. The highest BCUT2D eigenvalue weighted by molar-refractivity contribution is 7.21. The summed E-state index contributed by atoms with van der Waals surface area (Å²) in [5.74, 6) is -3.40. The number of nitrogens with zero attached hydrogens (tertiary/aromatic N) is 4. The van der Waals surface area contributed by atoms with E-state index in [-0.39, 0.29) is 12.5 Å². The number of aliphatic hydroxyl groups is 2. The van der Waals surface area contributed by atoms with Crippen LogP contribution in [0.15, 0.2) is 12.3 Å². The summed E-state index contributed by atoms with van der Waals surface area (Å²) in [4.78, 5) is 18.7. The Morgan fingerprint density at radius 2 is 1.97 bits per heavy atom. The number of anilines is 2. The largest absolute Gasteiger partial charge is 0.390 e. The van der Waals surface area contributed by atoms with E-state index in [1.54, 1.807) is 13.3 Å². The van der Waals surface area contributed by atoms with Crippen LogP contribution in [0.5, 0.6) is 0 Å². The number of hydrogen-bond acceptors (Lipinski definition) is 10. The van der Waals surface area contributed by atoms with Crippen molar-refractivity contribution in [1.29, 1.82) is 0 Å². The molecular formula is C25H32F2N6O3S. The summed E-state index contributed by atoms with van der Waals surface area (Å²) in [7, 11) is 1.61. The maximum atomic E-state index is 14.1. The van der Waals surface area contributed by atoms with Crippen LogP contribution in [0.1, 0.15) is 50.4 Å². The first-order chi connectivity index (χ1) is 17.6. The zero-order valence-electron chi connectivity index (χ0n) is 21.2. The van der Waals surface area contributed by atoms with Crippen LogP contribution in [0, 0.1) is 12.8 Å². The van der Waals surface area contributed by atoms with Gasteiger partial charge in [-0.2, -0.15) is 4.98 Å². The molecule has 5 rings (SSSR count). The lowest BCUT2D eigenvalue weighted by Gasteiger charge is -2.22. The number of ether oxygens (including phenoxy) is 1. The summed E-state index contributed by atoms with van der Waals surface area (Å²) in [6.07, 6.45) is 0.845. The highest BCUT2D eigenvalue weighted by atomic mass is 32.1.